The molecule has 45 heteroatoms. The summed E-state index contributed by atoms with van der Waals surface area (Å²) in [5.41, 5.74) is -5.02. The van der Waals surface area contributed by atoms with Crippen LogP contribution in [0.25, 0.3) is 10.9 Å². The van der Waals surface area contributed by atoms with Gasteiger partial charge in [0.1, 0.15) is 97.7 Å². The van der Waals surface area contributed by atoms with Crippen LogP contribution >= 0.6 is 0 Å². The highest BCUT2D eigenvalue weighted by Gasteiger charge is 2.48. The number of nitrogens with two attached hydrogens (primary N) is 2. The Morgan fingerprint density at radius 3 is 1.18 bits per heavy atom. The van der Waals surface area contributed by atoms with E-state index >= 15 is 0 Å². The fourth-order valence-corrected chi connectivity index (χ4v) is 12.8. The summed E-state index contributed by atoms with van der Waals surface area (Å²) in [5, 5.41) is 69.1. The van der Waals surface area contributed by atoms with Crippen molar-refractivity contribution >= 4 is 135 Å². The van der Waals surface area contributed by atoms with Gasteiger partial charge < -0.3 is 128 Å². The van der Waals surface area contributed by atoms with Gasteiger partial charge >= 0.3 is 0 Å². The van der Waals surface area contributed by atoms with Crippen LogP contribution in [0.15, 0.2) is 60.8 Å². The molecule has 1 heterocycles. The molecule has 0 bridgehead atoms. The van der Waals surface area contributed by atoms with Crippen molar-refractivity contribution in [2.75, 3.05) is 19.8 Å². The van der Waals surface area contributed by atoms with Crippen LogP contribution in [0.3, 0.4) is 0 Å². The molecule has 135 heavy (non-hydrogen) atoms. The van der Waals surface area contributed by atoms with E-state index in [1.807, 2.05) is 24.3 Å². The Kier molecular flexibility index (Phi) is 41.3. The van der Waals surface area contributed by atoms with Gasteiger partial charge in [0.2, 0.25) is 124 Å². The first-order valence-electron chi connectivity index (χ1n) is 44.1. The molecule has 0 saturated heterocycles. The Hall–Kier alpha value is -13.2. The Balaban J connectivity index is 1.59. The van der Waals surface area contributed by atoms with Gasteiger partial charge in [-0.2, -0.15) is 0 Å². The number of hydrogen-bond acceptors (Lipinski definition) is 23. The van der Waals surface area contributed by atoms with Gasteiger partial charge in [-0.3, -0.25) is 101 Å². The molecule has 9 atom stereocenters. The smallest absolute Gasteiger partial charge is 0.246 e. The lowest BCUT2D eigenvalue weighted by Crippen LogP contribution is -2.69. The molecule has 0 fully saturated rings. The molecular formula is C90H142N22O23. The first-order valence-corrected chi connectivity index (χ1v) is 44.1. The van der Waals surface area contributed by atoms with Crippen LogP contribution in [0.2, 0.25) is 0 Å². The number of amides is 21. The first kappa shape index (κ1) is 116. The molecule has 9 unspecified atom stereocenters. The number of aliphatic hydroxyl groups is 2. The number of aliphatic hydroxyl groups excluding tert-OH is 2. The van der Waals surface area contributed by atoms with Gasteiger partial charge in [-0.15, -0.1) is 0 Å². The van der Waals surface area contributed by atoms with E-state index in [1.54, 1.807) is 50.4 Å². The lowest BCUT2D eigenvalue weighted by atomic mass is 9.93. The first-order chi connectivity index (χ1) is 61.8. The highest BCUT2D eigenvalue weighted by Crippen LogP contribution is 2.23. The Bertz CT molecular complexity index is 4880. The zero-order valence-corrected chi connectivity index (χ0v) is 81.9. The van der Waals surface area contributed by atoms with Crippen molar-refractivity contribution in [2.24, 2.45) is 17.4 Å². The van der Waals surface area contributed by atoms with Crippen molar-refractivity contribution in [3.63, 3.8) is 0 Å². The topological polar surface area (TPSA) is 695 Å². The molecule has 0 saturated carbocycles. The number of aromatic amines is 1. The third-order valence-corrected chi connectivity index (χ3v) is 21.9. The molecule has 0 aliphatic carbocycles. The number of fused-ring (bicyclic) bond motifs is 1. The normalized spacial score (nSPS) is 14.3. The summed E-state index contributed by atoms with van der Waals surface area (Å²) in [4.78, 5) is 288. The lowest BCUT2D eigenvalue weighted by Gasteiger charge is -2.37. The number of carbonyl (C=O) groups excluding carboxylic acids is 21. The van der Waals surface area contributed by atoms with Crippen LogP contribution in [-0.4, -0.2) is 263 Å². The number of nitrogens with one attached hydrogen (secondary N) is 20. The largest absolute Gasteiger partial charge is 0.394 e. The number of H-pyrrole nitrogens is 1. The third-order valence-electron chi connectivity index (χ3n) is 21.9. The van der Waals surface area contributed by atoms with Crippen molar-refractivity contribution in [2.45, 2.75) is 328 Å². The maximum atomic E-state index is 14.3. The molecule has 2 aromatic carbocycles. The van der Waals surface area contributed by atoms with E-state index in [4.69, 9.17) is 11.5 Å². The minimum Gasteiger partial charge on any atom is -0.394 e. The SMILES string of the molecule is CCC(C)(NC(=O)C(C)(C)NC(=O)C(CO)NC(=O)C(C)(C)NC(=O)C(Cc1ccccc1)NC(C)=O)C(=O)NC(CC(C)C)C(=O)NC(CCC(N)=O)C(=O)NCC(=O)NC(C)(C)C(=O)NC(C)(C)C(=O)NC(C)C(=O)NC(C)C(=O)NC(C)(C)C(=O)NC(C)(C)C(=O)NC(C)(C)C(=O)NC(C)(C)C(=O)NC(C)(C)C(=O)NC(CCC(N)=O)C(=O)NC(CO)Cc1c[nH]c2ccccc12. The summed E-state index contributed by atoms with van der Waals surface area (Å²) in [5.74, 6) is -19.0. The van der Waals surface area contributed by atoms with Crippen molar-refractivity contribution in [3.8, 4) is 0 Å². The molecule has 0 aliphatic rings. The highest BCUT2D eigenvalue weighted by atomic mass is 16.3. The zero-order valence-electron chi connectivity index (χ0n) is 81.9. The summed E-state index contributed by atoms with van der Waals surface area (Å²) >= 11 is 0. The second-order valence-corrected chi connectivity index (χ2v) is 39.1. The number of para-hydroxylation sites is 1. The summed E-state index contributed by atoms with van der Waals surface area (Å²) in [6.07, 6.45) is 0.362. The van der Waals surface area contributed by atoms with E-state index in [0.717, 1.165) is 16.5 Å². The number of aromatic nitrogens is 1. The molecule has 0 radical (unpaired) electrons. The molecule has 0 aliphatic heterocycles. The van der Waals surface area contributed by atoms with Crippen LogP contribution in [0, 0.1) is 5.92 Å². The van der Waals surface area contributed by atoms with Gasteiger partial charge in [0.05, 0.1) is 25.8 Å². The monoisotopic (exact) mass is 1900 g/mol. The molecule has 1 aromatic heterocycles. The van der Waals surface area contributed by atoms with Crippen LogP contribution in [-0.2, 0) is 114 Å². The van der Waals surface area contributed by atoms with Crippen molar-refractivity contribution in [1.82, 2.24) is 106 Å². The van der Waals surface area contributed by atoms with Gasteiger partial charge in [0.25, 0.3) is 0 Å². The van der Waals surface area contributed by atoms with Crippen LogP contribution in [0.1, 0.15) is 223 Å². The van der Waals surface area contributed by atoms with Crippen LogP contribution < -0.4 is 112 Å². The van der Waals surface area contributed by atoms with Crippen LogP contribution in [0.5, 0.6) is 0 Å². The Morgan fingerprint density at radius 2 is 0.733 bits per heavy atom. The second kappa shape index (κ2) is 48.1. The molecule has 3 aromatic rings. The third kappa shape index (κ3) is 35.6. The van der Waals surface area contributed by atoms with Gasteiger partial charge in [0, 0.05) is 43.3 Å². The average Bonchev–Trinajstić information content (AvgIpc) is 1.03. The highest BCUT2D eigenvalue weighted by molar-refractivity contribution is 6.05. The number of hydrogen-bond donors (Lipinski definition) is 24. The number of primary amides is 2. The predicted octanol–water partition coefficient (Wildman–Crippen LogP) is -4.09. The van der Waals surface area contributed by atoms with E-state index < -0.39 is 260 Å². The summed E-state index contributed by atoms with van der Waals surface area (Å²) in [6, 6.07) is 5.34. The quantitative estimate of drug-likeness (QED) is 0.0255. The van der Waals surface area contributed by atoms with Gasteiger partial charge in [-0.25, -0.2) is 0 Å². The second-order valence-electron chi connectivity index (χ2n) is 39.1. The summed E-state index contributed by atoms with van der Waals surface area (Å²) in [7, 11) is 0. The average molecular weight is 1900 g/mol. The minimum atomic E-state index is -1.88. The zero-order chi connectivity index (χ0) is 104. The van der Waals surface area contributed by atoms with E-state index in [2.05, 4.69) is 106 Å². The molecule has 26 N–H and O–H groups in total. The van der Waals surface area contributed by atoms with E-state index in [-0.39, 0.29) is 44.4 Å². The molecule has 0 spiro atoms. The van der Waals surface area contributed by atoms with E-state index in [9.17, 15) is 111 Å². The standard InChI is InChI=1S/C90H142N22O23/c1-26-90(25,112-79(134)86(17,18)106-70(125)60(46-114)102-72(127)81(7,8)105-69(124)59(97-50(6)115)41-51-32-28-27-29-33-51)80(135)101-58(40-47(2)3)68(123)99-56(36-38-61(91)116)66(121)94-44-63(118)103-84(13,14)74(129)107-82(9,10)71(126)96-48(4)64(119)95-49(5)65(120)104-85(15,16)75(130)109-88(21,22)77(132)111-89(23,24)78(133)110-87(19,20)76(131)108-83(11,12)73(128)100-57(37-39-62(92)117)67(122)98-53(45-113)42-52-43-93-55-35-31-30-34-54(52)55/h27-35,43,47-49,53,56-60,93,113-114H,26,36-42,44-46H2,1-25H3,(H2,91,116)(H2,92,117)(H,94,121)(H,95,119)(H,96,126)(H,97,115)(H,98,122)(H,99,123)(H,100,128)(H,101,135)(H,102,127)(H,103,118)(H,104,120)(H,105,124)(H,106,125)(H,107,129)(H,108,131)(H,109,130)(H,110,133)(H,111,132)(H,112,134). The summed E-state index contributed by atoms with van der Waals surface area (Å²) in [6.45, 7) is 30.9. The molecular weight excluding hydrogens is 1760 g/mol. The van der Waals surface area contributed by atoms with Crippen LogP contribution in [0.4, 0.5) is 0 Å². The van der Waals surface area contributed by atoms with Crippen molar-refractivity contribution < 1.29 is 111 Å². The molecule has 45 nitrogen and oxygen atoms in total. The summed E-state index contributed by atoms with van der Waals surface area (Å²) < 4.78 is 0. The Labute approximate surface area is 785 Å². The maximum absolute atomic E-state index is 14.3. The minimum absolute atomic E-state index is 0.0669. The maximum Gasteiger partial charge on any atom is 0.246 e. The Morgan fingerprint density at radius 1 is 0.356 bits per heavy atom. The lowest BCUT2D eigenvalue weighted by molar-refractivity contribution is -0.142. The van der Waals surface area contributed by atoms with Crippen molar-refractivity contribution in [1.29, 1.82) is 0 Å². The van der Waals surface area contributed by atoms with E-state index in [1.165, 1.54) is 159 Å². The van der Waals surface area contributed by atoms with Gasteiger partial charge in [-0.1, -0.05) is 69.3 Å². The fourth-order valence-electron chi connectivity index (χ4n) is 12.8. The molecule has 21 amide bonds. The molecule has 750 valence electrons. The predicted molar refractivity (Wildman–Crippen MR) is 495 cm³/mol. The van der Waals surface area contributed by atoms with Gasteiger partial charge in [-0.05, 0) is 201 Å². The van der Waals surface area contributed by atoms with Crippen molar-refractivity contribution in [3.05, 3.63) is 71.9 Å². The fraction of sp³-hybridized carbons (Fsp3) is 0.611. The van der Waals surface area contributed by atoms with Gasteiger partial charge in [0.15, 0.2) is 0 Å². The number of rotatable bonds is 52. The molecule has 3 rings (SSSR count). The number of benzene rings is 2. The van der Waals surface area contributed by atoms with E-state index in [0.29, 0.717) is 5.56 Å². The number of carbonyl (C=O) groups is 21.